The Morgan fingerprint density at radius 2 is 1.85 bits per heavy atom. The summed E-state index contributed by atoms with van der Waals surface area (Å²) in [5, 5.41) is 5.30. The second kappa shape index (κ2) is 8.55. The number of hydrogen-bond donors (Lipinski definition) is 2. The average Bonchev–Trinajstić information content (AvgIpc) is 2.94. The van der Waals surface area contributed by atoms with Crippen molar-refractivity contribution in [2.24, 2.45) is 0 Å². The number of thioether (sulfide) groups is 1. The highest BCUT2D eigenvalue weighted by molar-refractivity contribution is 8.01. The number of methoxy groups -OCH3 is 2. The summed E-state index contributed by atoms with van der Waals surface area (Å²) in [7, 11) is 2.58. The first-order chi connectivity index (χ1) is 12.3. The van der Waals surface area contributed by atoms with Crippen molar-refractivity contribution in [2.45, 2.75) is 42.5 Å². The van der Waals surface area contributed by atoms with Crippen molar-refractivity contribution in [1.29, 1.82) is 0 Å². The quantitative estimate of drug-likeness (QED) is 0.707. The molecule has 0 bridgehead atoms. The lowest BCUT2D eigenvalue weighted by Gasteiger charge is -2.23. The molecule has 1 aromatic rings. The van der Waals surface area contributed by atoms with E-state index >= 15 is 0 Å². The molecule has 3 atom stereocenters. The Hall–Kier alpha value is -2.06. The summed E-state index contributed by atoms with van der Waals surface area (Å²) >= 11 is 1.39. The van der Waals surface area contributed by atoms with Crippen molar-refractivity contribution in [1.82, 2.24) is 10.6 Å². The van der Waals surface area contributed by atoms with Gasteiger partial charge in [0.25, 0.3) is 0 Å². The summed E-state index contributed by atoms with van der Waals surface area (Å²) in [4.78, 5) is 36.6. The van der Waals surface area contributed by atoms with Crippen LogP contribution >= 0.6 is 11.8 Å². The van der Waals surface area contributed by atoms with E-state index in [-0.39, 0.29) is 12.3 Å². The van der Waals surface area contributed by atoms with Crippen LogP contribution in [0.3, 0.4) is 0 Å². The van der Waals surface area contributed by atoms with Crippen LogP contribution in [0.25, 0.3) is 0 Å². The molecule has 7 nitrogen and oxygen atoms in total. The summed E-state index contributed by atoms with van der Waals surface area (Å²) in [5.74, 6) is -1.28. The van der Waals surface area contributed by atoms with E-state index in [9.17, 15) is 14.4 Å². The second-order valence-corrected chi connectivity index (χ2v) is 8.29. The molecule has 0 aliphatic carbocycles. The van der Waals surface area contributed by atoms with E-state index in [0.717, 1.165) is 5.56 Å². The molecule has 2 rings (SSSR count). The van der Waals surface area contributed by atoms with Gasteiger partial charge in [-0.05, 0) is 19.4 Å². The second-order valence-electron chi connectivity index (χ2n) is 6.50. The van der Waals surface area contributed by atoms with E-state index in [2.05, 4.69) is 10.6 Å². The van der Waals surface area contributed by atoms with E-state index in [1.165, 1.54) is 26.0 Å². The van der Waals surface area contributed by atoms with Crippen LogP contribution in [-0.2, 0) is 30.3 Å². The summed E-state index contributed by atoms with van der Waals surface area (Å²) in [6.45, 7) is 3.76. The first-order valence-electron chi connectivity index (χ1n) is 8.21. The summed E-state index contributed by atoms with van der Waals surface area (Å²) in [6.07, 6.45) is 0.148. The van der Waals surface area contributed by atoms with Crippen molar-refractivity contribution in [3.63, 3.8) is 0 Å². The molecule has 1 saturated heterocycles. The summed E-state index contributed by atoms with van der Waals surface area (Å²) in [5.41, 5.74) is 0.841. The number of carbonyl (C=O) groups excluding carboxylic acids is 3. The lowest BCUT2D eigenvalue weighted by molar-refractivity contribution is -0.146. The van der Waals surface area contributed by atoms with Crippen molar-refractivity contribution in [3.8, 4) is 0 Å². The number of esters is 2. The third-order valence-corrected chi connectivity index (χ3v) is 5.68. The molecule has 0 aromatic heterocycles. The molecule has 142 valence electrons. The number of ether oxygens (including phenoxy) is 2. The van der Waals surface area contributed by atoms with E-state index in [1.807, 2.05) is 44.2 Å². The Labute approximate surface area is 157 Å². The van der Waals surface area contributed by atoms with Crippen molar-refractivity contribution in [3.05, 3.63) is 35.9 Å². The molecule has 0 saturated carbocycles. The maximum Gasteiger partial charge on any atom is 0.330 e. The predicted molar refractivity (Wildman–Crippen MR) is 98.5 cm³/mol. The molecule has 0 radical (unpaired) electrons. The van der Waals surface area contributed by atoms with Crippen molar-refractivity contribution in [2.75, 3.05) is 14.2 Å². The van der Waals surface area contributed by atoms with Gasteiger partial charge < -0.3 is 14.8 Å². The predicted octanol–water partition coefficient (Wildman–Crippen LogP) is 0.870. The Bertz CT molecular complexity index is 665. The minimum Gasteiger partial charge on any atom is -0.468 e. The number of benzene rings is 1. The Morgan fingerprint density at radius 3 is 2.42 bits per heavy atom. The maximum atomic E-state index is 12.4. The molecule has 2 N–H and O–H groups in total. The van der Waals surface area contributed by atoms with Gasteiger partial charge in [-0.1, -0.05) is 30.3 Å². The van der Waals surface area contributed by atoms with Gasteiger partial charge in [0.1, 0.15) is 6.04 Å². The van der Waals surface area contributed by atoms with Crippen LogP contribution in [0.2, 0.25) is 0 Å². The molecule has 26 heavy (non-hydrogen) atoms. The molecular weight excluding hydrogens is 356 g/mol. The number of hydrogen-bond acceptors (Lipinski definition) is 7. The Kier molecular flexibility index (Phi) is 6.66. The third kappa shape index (κ3) is 4.76. The molecule has 1 heterocycles. The Balaban J connectivity index is 2.11. The fraction of sp³-hybridized carbons (Fsp3) is 0.500. The smallest absolute Gasteiger partial charge is 0.330 e. The maximum absolute atomic E-state index is 12.4. The largest absolute Gasteiger partial charge is 0.468 e. The lowest BCUT2D eigenvalue weighted by Crippen LogP contribution is -2.54. The van der Waals surface area contributed by atoms with E-state index in [1.54, 1.807) is 0 Å². The van der Waals surface area contributed by atoms with Gasteiger partial charge in [-0.15, -0.1) is 11.8 Å². The minimum atomic E-state index is -0.921. The van der Waals surface area contributed by atoms with Crippen LogP contribution in [-0.4, -0.2) is 54.3 Å². The highest BCUT2D eigenvalue weighted by Gasteiger charge is 2.50. The van der Waals surface area contributed by atoms with Crippen molar-refractivity contribution < 1.29 is 23.9 Å². The number of rotatable bonds is 6. The molecule has 0 unspecified atom stereocenters. The fourth-order valence-electron chi connectivity index (χ4n) is 2.82. The Morgan fingerprint density at radius 1 is 1.19 bits per heavy atom. The van der Waals surface area contributed by atoms with Gasteiger partial charge in [0.2, 0.25) is 5.91 Å². The molecule has 1 amide bonds. The highest BCUT2D eigenvalue weighted by atomic mass is 32.2. The van der Waals surface area contributed by atoms with Gasteiger partial charge in [-0.25, -0.2) is 4.79 Å². The number of nitrogens with one attached hydrogen (secondary N) is 2. The SMILES string of the molecule is COC(=O)[C@H](NC(=O)Cc1ccccc1)[C@@H]1N[C@@H](C(=O)OC)C(C)(C)S1. The van der Waals surface area contributed by atoms with Crippen LogP contribution in [0.1, 0.15) is 19.4 Å². The van der Waals surface area contributed by atoms with Crippen LogP contribution in [0.4, 0.5) is 0 Å². The van der Waals surface area contributed by atoms with Gasteiger partial charge in [0, 0.05) is 4.75 Å². The molecule has 8 heteroatoms. The zero-order valence-corrected chi connectivity index (χ0v) is 16.1. The van der Waals surface area contributed by atoms with Crippen LogP contribution < -0.4 is 10.6 Å². The third-order valence-electron chi connectivity index (χ3n) is 4.18. The first-order valence-corrected chi connectivity index (χ1v) is 9.09. The van der Waals surface area contributed by atoms with Gasteiger partial charge in [-0.3, -0.25) is 14.9 Å². The van der Waals surface area contributed by atoms with Crippen molar-refractivity contribution >= 4 is 29.6 Å². The monoisotopic (exact) mass is 380 g/mol. The number of carbonyl (C=O) groups is 3. The van der Waals surface area contributed by atoms with Gasteiger partial charge >= 0.3 is 11.9 Å². The molecule has 1 fully saturated rings. The van der Waals surface area contributed by atoms with E-state index in [4.69, 9.17) is 9.47 Å². The molecule has 1 aromatic carbocycles. The summed E-state index contributed by atoms with van der Waals surface area (Å²) < 4.78 is 9.16. The zero-order chi connectivity index (χ0) is 19.3. The fourth-order valence-corrected chi connectivity index (χ4v) is 4.29. The van der Waals surface area contributed by atoms with Crippen LogP contribution in [0, 0.1) is 0 Å². The topological polar surface area (TPSA) is 93.7 Å². The standard InChI is InChI=1S/C18H24N2O5S/c1-18(2)14(17(23)25-4)20-15(26-18)13(16(22)24-3)19-12(21)10-11-8-6-5-7-9-11/h5-9,13-15,20H,10H2,1-4H3,(H,19,21)/t13-,14+,15-/m1/s1. The molecule has 1 aliphatic rings. The number of amides is 1. The highest BCUT2D eigenvalue weighted by Crippen LogP contribution is 2.39. The summed E-state index contributed by atoms with van der Waals surface area (Å²) in [6, 6.07) is 7.72. The average molecular weight is 380 g/mol. The van der Waals surface area contributed by atoms with Crippen LogP contribution in [0.5, 0.6) is 0 Å². The van der Waals surface area contributed by atoms with Gasteiger partial charge in [0.15, 0.2) is 6.04 Å². The molecular formula is C18H24N2O5S. The minimum absolute atomic E-state index is 0.148. The van der Waals surface area contributed by atoms with E-state index in [0.29, 0.717) is 0 Å². The molecule has 0 spiro atoms. The van der Waals surface area contributed by atoms with Gasteiger partial charge in [-0.2, -0.15) is 0 Å². The lowest BCUT2D eigenvalue weighted by atomic mass is 10.0. The van der Waals surface area contributed by atoms with Crippen LogP contribution in [0.15, 0.2) is 30.3 Å². The first kappa shape index (κ1) is 20.3. The molecule has 1 aliphatic heterocycles. The zero-order valence-electron chi connectivity index (χ0n) is 15.3. The van der Waals surface area contributed by atoms with Gasteiger partial charge in [0.05, 0.1) is 26.0 Å². The normalized spacial score (nSPS) is 22.3. The van der Waals surface area contributed by atoms with E-state index < -0.39 is 34.1 Å².